The molecule has 0 fully saturated rings. The van der Waals surface area contributed by atoms with Gasteiger partial charge >= 0.3 is 11.9 Å². The predicted molar refractivity (Wildman–Crippen MR) is 60.9 cm³/mol. The molecule has 4 heteroatoms. The molecule has 0 rings (SSSR count). The third-order valence-corrected chi connectivity index (χ3v) is 1.57. The van der Waals surface area contributed by atoms with Gasteiger partial charge in [-0.1, -0.05) is 29.9 Å². The van der Waals surface area contributed by atoms with E-state index in [1.54, 1.807) is 19.1 Å². The molecule has 0 unspecified atom stereocenters. The Labute approximate surface area is 94.9 Å². The standard InChI is InChI=1S/C12H16O4/c1-10(7-8-12(14)15)6-4-3-5-9-16-11(2)13/h3-4,6-8H,5,9H2,1-2H3,(H,14,15)/b4-3+,8-7+,10-6+. The van der Waals surface area contributed by atoms with Crippen LogP contribution in [0.2, 0.25) is 0 Å². The first-order chi connectivity index (χ1) is 7.52. The molecule has 0 aromatic rings. The van der Waals surface area contributed by atoms with Gasteiger partial charge in [-0.15, -0.1) is 0 Å². The van der Waals surface area contributed by atoms with Crippen molar-refractivity contribution in [3.05, 3.63) is 36.0 Å². The number of allylic oxidation sites excluding steroid dienone is 4. The Kier molecular flexibility index (Phi) is 7.49. The van der Waals surface area contributed by atoms with Crippen molar-refractivity contribution >= 4 is 11.9 Å². The van der Waals surface area contributed by atoms with E-state index < -0.39 is 5.97 Å². The van der Waals surface area contributed by atoms with Gasteiger partial charge in [-0.25, -0.2) is 4.79 Å². The fourth-order valence-electron chi connectivity index (χ4n) is 0.845. The molecular weight excluding hydrogens is 208 g/mol. The highest BCUT2D eigenvalue weighted by Crippen LogP contribution is 1.96. The summed E-state index contributed by atoms with van der Waals surface area (Å²) in [6.07, 6.45) is 8.67. The van der Waals surface area contributed by atoms with Crippen LogP contribution in [0.3, 0.4) is 0 Å². The predicted octanol–water partition coefficient (Wildman–Crippen LogP) is 2.08. The Morgan fingerprint density at radius 3 is 2.50 bits per heavy atom. The average Bonchev–Trinajstić information content (AvgIpc) is 2.19. The van der Waals surface area contributed by atoms with Crippen molar-refractivity contribution in [1.29, 1.82) is 0 Å². The van der Waals surface area contributed by atoms with Crippen LogP contribution in [0.4, 0.5) is 0 Å². The third kappa shape index (κ3) is 10.2. The topological polar surface area (TPSA) is 63.6 Å². The van der Waals surface area contributed by atoms with E-state index in [-0.39, 0.29) is 5.97 Å². The lowest BCUT2D eigenvalue weighted by molar-refractivity contribution is -0.140. The minimum Gasteiger partial charge on any atom is -0.478 e. The van der Waals surface area contributed by atoms with Crippen molar-refractivity contribution in [2.75, 3.05) is 6.61 Å². The first-order valence-electron chi connectivity index (χ1n) is 4.90. The molecule has 0 bridgehead atoms. The van der Waals surface area contributed by atoms with Crippen LogP contribution in [-0.4, -0.2) is 23.7 Å². The zero-order chi connectivity index (χ0) is 12.4. The molecule has 0 aliphatic carbocycles. The number of hydrogen-bond acceptors (Lipinski definition) is 3. The highest BCUT2D eigenvalue weighted by molar-refractivity contribution is 5.80. The van der Waals surface area contributed by atoms with Gasteiger partial charge in [0.15, 0.2) is 0 Å². The fraction of sp³-hybridized carbons (Fsp3) is 0.333. The first-order valence-corrected chi connectivity index (χ1v) is 4.90. The largest absolute Gasteiger partial charge is 0.478 e. The number of carboxylic acids is 1. The molecule has 0 spiro atoms. The van der Waals surface area contributed by atoms with Gasteiger partial charge in [0.1, 0.15) is 0 Å². The lowest BCUT2D eigenvalue weighted by atomic mass is 10.2. The number of carboxylic acid groups (broad SMARTS) is 1. The van der Waals surface area contributed by atoms with E-state index in [1.165, 1.54) is 13.0 Å². The minimum atomic E-state index is -0.966. The number of carbonyl (C=O) groups excluding carboxylic acids is 1. The van der Waals surface area contributed by atoms with Crippen LogP contribution in [0.1, 0.15) is 20.3 Å². The van der Waals surface area contributed by atoms with Gasteiger partial charge in [-0.3, -0.25) is 4.79 Å². The first kappa shape index (κ1) is 14.2. The molecule has 0 aromatic carbocycles. The van der Waals surface area contributed by atoms with Gasteiger partial charge in [-0.05, 0) is 13.3 Å². The fourth-order valence-corrected chi connectivity index (χ4v) is 0.845. The molecule has 0 atom stereocenters. The maximum Gasteiger partial charge on any atom is 0.328 e. The van der Waals surface area contributed by atoms with Crippen molar-refractivity contribution in [3.63, 3.8) is 0 Å². The summed E-state index contributed by atoms with van der Waals surface area (Å²) in [4.78, 5) is 20.6. The van der Waals surface area contributed by atoms with Crippen LogP contribution in [-0.2, 0) is 14.3 Å². The van der Waals surface area contributed by atoms with Crippen LogP contribution in [0, 0.1) is 0 Å². The maximum absolute atomic E-state index is 10.4. The highest BCUT2D eigenvalue weighted by Gasteiger charge is 1.88. The second-order valence-corrected chi connectivity index (χ2v) is 3.14. The minimum absolute atomic E-state index is 0.287. The zero-order valence-electron chi connectivity index (χ0n) is 9.47. The van der Waals surface area contributed by atoms with E-state index in [1.807, 2.05) is 6.08 Å². The van der Waals surface area contributed by atoms with Crippen LogP contribution >= 0.6 is 0 Å². The van der Waals surface area contributed by atoms with Crippen molar-refractivity contribution in [1.82, 2.24) is 0 Å². The molecule has 0 heterocycles. The molecule has 88 valence electrons. The van der Waals surface area contributed by atoms with E-state index in [2.05, 4.69) is 0 Å². The summed E-state index contributed by atoms with van der Waals surface area (Å²) in [5.74, 6) is -1.25. The number of aliphatic carboxylic acids is 1. The zero-order valence-corrected chi connectivity index (χ0v) is 9.47. The summed E-state index contributed by atoms with van der Waals surface area (Å²) in [5, 5.41) is 8.38. The SMILES string of the molecule is CC(=O)OCC/C=C/C=C(C)/C=C/C(=O)O. The van der Waals surface area contributed by atoms with Crippen LogP contribution in [0.25, 0.3) is 0 Å². The molecule has 0 amide bonds. The summed E-state index contributed by atoms with van der Waals surface area (Å²) < 4.78 is 4.73. The molecule has 16 heavy (non-hydrogen) atoms. The summed E-state index contributed by atoms with van der Waals surface area (Å²) >= 11 is 0. The molecule has 0 aliphatic heterocycles. The third-order valence-electron chi connectivity index (χ3n) is 1.57. The summed E-state index contributed by atoms with van der Waals surface area (Å²) in [5.41, 5.74) is 0.839. The molecule has 0 radical (unpaired) electrons. The van der Waals surface area contributed by atoms with Crippen LogP contribution in [0.15, 0.2) is 36.0 Å². The van der Waals surface area contributed by atoms with Crippen molar-refractivity contribution < 1.29 is 19.4 Å². The molecule has 1 N–H and O–H groups in total. The van der Waals surface area contributed by atoms with Crippen LogP contribution < -0.4 is 0 Å². The number of esters is 1. The Morgan fingerprint density at radius 2 is 1.94 bits per heavy atom. The van der Waals surface area contributed by atoms with Crippen molar-refractivity contribution in [3.8, 4) is 0 Å². The Hall–Kier alpha value is -1.84. The van der Waals surface area contributed by atoms with Gasteiger partial charge in [-0.2, -0.15) is 0 Å². The number of hydrogen-bond donors (Lipinski definition) is 1. The maximum atomic E-state index is 10.4. The van der Waals surface area contributed by atoms with Crippen molar-refractivity contribution in [2.24, 2.45) is 0 Å². The smallest absolute Gasteiger partial charge is 0.328 e. The van der Waals surface area contributed by atoms with Crippen molar-refractivity contribution in [2.45, 2.75) is 20.3 Å². The number of rotatable bonds is 6. The van der Waals surface area contributed by atoms with Gasteiger partial charge in [0, 0.05) is 13.0 Å². The van der Waals surface area contributed by atoms with E-state index in [9.17, 15) is 9.59 Å². The van der Waals surface area contributed by atoms with E-state index in [4.69, 9.17) is 9.84 Å². The van der Waals surface area contributed by atoms with E-state index in [0.717, 1.165) is 11.6 Å². The highest BCUT2D eigenvalue weighted by atomic mass is 16.5. The second kappa shape index (κ2) is 8.47. The lowest BCUT2D eigenvalue weighted by Gasteiger charge is -1.95. The number of ether oxygens (including phenoxy) is 1. The lowest BCUT2D eigenvalue weighted by Crippen LogP contribution is -1.98. The summed E-state index contributed by atoms with van der Waals surface area (Å²) in [6, 6.07) is 0. The average molecular weight is 224 g/mol. The van der Waals surface area contributed by atoms with Gasteiger partial charge in [0.25, 0.3) is 0 Å². The number of carbonyl (C=O) groups is 2. The summed E-state index contributed by atoms with van der Waals surface area (Å²) in [6.45, 7) is 3.53. The summed E-state index contributed by atoms with van der Waals surface area (Å²) in [7, 11) is 0. The molecule has 0 aromatic heterocycles. The van der Waals surface area contributed by atoms with Gasteiger partial charge in [0.05, 0.1) is 6.61 Å². The monoisotopic (exact) mass is 224 g/mol. The van der Waals surface area contributed by atoms with Crippen LogP contribution in [0.5, 0.6) is 0 Å². The molecule has 0 saturated heterocycles. The second-order valence-electron chi connectivity index (χ2n) is 3.14. The molecular formula is C12H16O4. The molecule has 4 nitrogen and oxygen atoms in total. The van der Waals surface area contributed by atoms with E-state index >= 15 is 0 Å². The Balaban J connectivity index is 3.84. The van der Waals surface area contributed by atoms with Gasteiger partial charge in [0.2, 0.25) is 0 Å². The van der Waals surface area contributed by atoms with Gasteiger partial charge < -0.3 is 9.84 Å². The van der Waals surface area contributed by atoms with E-state index in [0.29, 0.717) is 13.0 Å². The molecule has 0 saturated carbocycles. The molecule has 0 aliphatic rings. The Bertz CT molecular complexity index is 324. The quantitative estimate of drug-likeness (QED) is 0.325. The normalized spacial score (nSPS) is 12.2. The Morgan fingerprint density at radius 1 is 1.25 bits per heavy atom.